The minimum absolute atomic E-state index is 0.0470. The molecule has 2 atom stereocenters. The molecule has 1 aliphatic carbocycles. The Balaban J connectivity index is 1.27. The van der Waals surface area contributed by atoms with E-state index in [-0.39, 0.29) is 17.9 Å². The van der Waals surface area contributed by atoms with Crippen molar-refractivity contribution in [2.45, 2.75) is 56.4 Å². The number of nitrogens with zero attached hydrogens (tertiary/aromatic N) is 2. The topological polar surface area (TPSA) is 52.7 Å². The Bertz CT molecular complexity index is 1110. The normalized spacial score (nSPS) is 23.6. The molecule has 1 saturated carbocycles. The van der Waals surface area contributed by atoms with Crippen molar-refractivity contribution in [3.8, 4) is 0 Å². The first kappa shape index (κ1) is 25.4. The molecule has 2 unspecified atom stereocenters. The van der Waals surface area contributed by atoms with Crippen LogP contribution in [0.5, 0.6) is 0 Å². The van der Waals surface area contributed by atoms with Crippen molar-refractivity contribution in [3.63, 3.8) is 0 Å². The molecule has 2 aromatic rings. The first-order valence-corrected chi connectivity index (χ1v) is 14.4. The summed E-state index contributed by atoms with van der Waals surface area (Å²) in [6.07, 6.45) is 9.06. The SMILES string of the molecule is O=C(NCCN1CCCC1)c1ccc(/C=C2/SC3CCCCC3N(Cc3cccc(Cl)c3)C2=O)cc1. The van der Waals surface area contributed by atoms with E-state index < -0.39 is 0 Å². The lowest BCUT2D eigenvalue weighted by molar-refractivity contribution is -0.130. The number of nitrogens with one attached hydrogen (secondary N) is 1. The van der Waals surface area contributed by atoms with E-state index in [1.165, 1.54) is 25.7 Å². The maximum absolute atomic E-state index is 13.6. The average molecular weight is 524 g/mol. The van der Waals surface area contributed by atoms with E-state index in [1.54, 1.807) is 11.8 Å². The summed E-state index contributed by atoms with van der Waals surface area (Å²) in [6, 6.07) is 15.6. The molecule has 5 rings (SSSR count). The summed E-state index contributed by atoms with van der Waals surface area (Å²) in [5, 5.41) is 4.14. The second kappa shape index (κ2) is 11.8. The van der Waals surface area contributed by atoms with Crippen LogP contribution in [0.25, 0.3) is 6.08 Å². The van der Waals surface area contributed by atoms with Crippen molar-refractivity contribution in [2.75, 3.05) is 26.2 Å². The predicted octanol–water partition coefficient (Wildman–Crippen LogP) is 5.59. The number of halogens is 1. The van der Waals surface area contributed by atoms with Crippen LogP contribution in [0.2, 0.25) is 5.02 Å². The Kier molecular flexibility index (Phi) is 8.35. The Hall–Kier alpha value is -2.28. The van der Waals surface area contributed by atoms with Gasteiger partial charge < -0.3 is 15.1 Å². The number of amides is 2. The van der Waals surface area contributed by atoms with Gasteiger partial charge in [0, 0.05) is 41.5 Å². The van der Waals surface area contributed by atoms with Gasteiger partial charge in [0.2, 0.25) is 0 Å². The molecule has 3 aliphatic rings. The van der Waals surface area contributed by atoms with Crippen LogP contribution >= 0.6 is 23.4 Å². The molecule has 0 aromatic heterocycles. The molecule has 1 N–H and O–H groups in total. The van der Waals surface area contributed by atoms with Crippen LogP contribution < -0.4 is 5.32 Å². The highest BCUT2D eigenvalue weighted by molar-refractivity contribution is 8.04. The first-order valence-electron chi connectivity index (χ1n) is 13.1. The van der Waals surface area contributed by atoms with Gasteiger partial charge in [-0.1, -0.05) is 48.7 Å². The minimum Gasteiger partial charge on any atom is -0.351 e. The van der Waals surface area contributed by atoms with E-state index in [9.17, 15) is 9.59 Å². The Morgan fingerprint density at radius 2 is 1.83 bits per heavy atom. The van der Waals surface area contributed by atoms with Crippen LogP contribution in [0.15, 0.2) is 53.4 Å². The van der Waals surface area contributed by atoms with Crippen molar-refractivity contribution < 1.29 is 9.59 Å². The molecule has 5 nitrogen and oxygen atoms in total. The van der Waals surface area contributed by atoms with Gasteiger partial charge in [0.25, 0.3) is 11.8 Å². The van der Waals surface area contributed by atoms with Crippen molar-refractivity contribution in [1.29, 1.82) is 0 Å². The molecule has 2 aromatic carbocycles. The van der Waals surface area contributed by atoms with E-state index in [0.29, 0.717) is 28.9 Å². The van der Waals surface area contributed by atoms with Gasteiger partial charge in [-0.15, -0.1) is 11.8 Å². The lowest BCUT2D eigenvalue weighted by Gasteiger charge is -2.44. The fraction of sp³-hybridized carbons (Fsp3) is 0.448. The molecule has 2 heterocycles. The second-order valence-electron chi connectivity index (χ2n) is 10.0. The van der Waals surface area contributed by atoms with Crippen molar-refractivity contribution in [3.05, 3.63) is 75.1 Å². The summed E-state index contributed by atoms with van der Waals surface area (Å²) >= 11 is 7.94. The zero-order valence-corrected chi connectivity index (χ0v) is 22.2. The van der Waals surface area contributed by atoms with Gasteiger partial charge in [0.1, 0.15) is 0 Å². The average Bonchev–Trinajstić information content (AvgIpc) is 3.40. The first-order chi connectivity index (χ1) is 17.6. The smallest absolute Gasteiger partial charge is 0.260 e. The lowest BCUT2D eigenvalue weighted by Crippen LogP contribution is -2.50. The summed E-state index contributed by atoms with van der Waals surface area (Å²) in [5.41, 5.74) is 2.65. The van der Waals surface area contributed by atoms with E-state index in [1.807, 2.05) is 54.6 Å². The lowest BCUT2D eigenvalue weighted by atomic mass is 9.92. The molecule has 2 aliphatic heterocycles. The molecule has 190 valence electrons. The summed E-state index contributed by atoms with van der Waals surface area (Å²) < 4.78 is 0. The maximum atomic E-state index is 13.6. The van der Waals surface area contributed by atoms with Crippen LogP contribution in [0.1, 0.15) is 60.0 Å². The highest BCUT2D eigenvalue weighted by Gasteiger charge is 2.40. The number of benzene rings is 2. The van der Waals surface area contributed by atoms with E-state index >= 15 is 0 Å². The third-order valence-corrected chi connectivity index (χ3v) is 9.08. The second-order valence-corrected chi connectivity index (χ2v) is 11.7. The third-order valence-electron chi connectivity index (χ3n) is 7.44. The van der Waals surface area contributed by atoms with Crippen molar-refractivity contribution in [1.82, 2.24) is 15.1 Å². The molecule has 0 bridgehead atoms. The molecule has 0 spiro atoms. The zero-order chi connectivity index (χ0) is 24.9. The highest BCUT2D eigenvalue weighted by atomic mass is 35.5. The molecular weight excluding hydrogens is 490 g/mol. The summed E-state index contributed by atoms with van der Waals surface area (Å²) in [4.78, 5) is 31.4. The van der Waals surface area contributed by atoms with Crippen LogP contribution in [-0.2, 0) is 11.3 Å². The number of hydrogen-bond acceptors (Lipinski definition) is 4. The number of thioether (sulfide) groups is 1. The highest BCUT2D eigenvalue weighted by Crippen LogP contribution is 2.42. The number of rotatable bonds is 7. The number of carbonyl (C=O) groups is 2. The van der Waals surface area contributed by atoms with Crippen molar-refractivity contribution in [2.24, 2.45) is 0 Å². The van der Waals surface area contributed by atoms with Crippen molar-refractivity contribution >= 4 is 41.3 Å². The van der Waals surface area contributed by atoms with Gasteiger partial charge in [0.15, 0.2) is 0 Å². The van der Waals surface area contributed by atoms with Gasteiger partial charge in [-0.25, -0.2) is 0 Å². The van der Waals surface area contributed by atoms with Gasteiger partial charge in [0.05, 0.1) is 4.91 Å². The number of fused-ring (bicyclic) bond motifs is 1. The molecule has 7 heteroatoms. The zero-order valence-electron chi connectivity index (χ0n) is 20.6. The molecule has 2 saturated heterocycles. The van der Waals surface area contributed by atoms with Gasteiger partial charge in [-0.2, -0.15) is 0 Å². The Labute approximate surface area is 223 Å². The molecule has 0 radical (unpaired) electrons. The third kappa shape index (κ3) is 6.16. The summed E-state index contributed by atoms with van der Waals surface area (Å²) in [7, 11) is 0. The number of carbonyl (C=O) groups excluding carboxylic acids is 2. The molecule has 3 fully saturated rings. The molecule has 2 amide bonds. The minimum atomic E-state index is -0.0470. The fourth-order valence-electron chi connectivity index (χ4n) is 5.51. The fourth-order valence-corrected chi connectivity index (χ4v) is 7.20. The van der Waals surface area contributed by atoms with Gasteiger partial charge >= 0.3 is 0 Å². The van der Waals surface area contributed by atoms with Crippen LogP contribution in [-0.4, -0.2) is 59.1 Å². The Morgan fingerprint density at radius 3 is 2.61 bits per heavy atom. The van der Waals surface area contributed by atoms with E-state index in [2.05, 4.69) is 15.1 Å². The van der Waals surface area contributed by atoms with Crippen LogP contribution in [0.4, 0.5) is 0 Å². The monoisotopic (exact) mass is 523 g/mol. The Morgan fingerprint density at radius 1 is 1.06 bits per heavy atom. The molecule has 36 heavy (non-hydrogen) atoms. The van der Waals surface area contributed by atoms with Crippen LogP contribution in [0.3, 0.4) is 0 Å². The quantitative estimate of drug-likeness (QED) is 0.480. The maximum Gasteiger partial charge on any atom is 0.260 e. The van der Waals surface area contributed by atoms with E-state index in [0.717, 1.165) is 48.5 Å². The largest absolute Gasteiger partial charge is 0.351 e. The van der Waals surface area contributed by atoms with E-state index in [4.69, 9.17) is 11.6 Å². The van der Waals surface area contributed by atoms with Gasteiger partial charge in [-0.05, 0) is 80.2 Å². The molecular formula is C29H34ClN3O2S. The predicted molar refractivity (Wildman–Crippen MR) is 148 cm³/mol. The standard InChI is InChI=1S/C29H34ClN3O2S/c30-24-7-5-6-22(18-24)20-33-25-8-1-2-9-26(25)36-27(29(33)35)19-21-10-12-23(13-11-21)28(34)31-14-17-32-15-3-4-16-32/h5-7,10-13,18-19,25-26H,1-4,8-9,14-17,20H2,(H,31,34)/b27-19+. The summed E-state index contributed by atoms with van der Waals surface area (Å²) in [6.45, 7) is 4.42. The summed E-state index contributed by atoms with van der Waals surface area (Å²) in [5.74, 6) is 0.0427. The number of hydrogen-bond donors (Lipinski definition) is 1. The number of likely N-dealkylation sites (tertiary alicyclic amines) is 1. The van der Waals surface area contributed by atoms with Crippen LogP contribution in [0, 0.1) is 0 Å². The van der Waals surface area contributed by atoms with Gasteiger partial charge in [-0.3, -0.25) is 9.59 Å².